The first-order valence-corrected chi connectivity index (χ1v) is 10.2. The highest BCUT2D eigenvalue weighted by Gasteiger charge is 2.25. The summed E-state index contributed by atoms with van der Waals surface area (Å²) in [6.07, 6.45) is 0. The lowest BCUT2D eigenvalue weighted by Crippen LogP contribution is -2.16. The molecule has 7 nitrogen and oxygen atoms in total. The molecule has 10 heteroatoms. The summed E-state index contributed by atoms with van der Waals surface area (Å²) in [5, 5.41) is 13.7. The maximum atomic E-state index is 11.7. The van der Waals surface area contributed by atoms with E-state index in [1.807, 2.05) is 26.8 Å². The van der Waals surface area contributed by atoms with Gasteiger partial charge >= 0.3 is 5.69 Å². The number of nitrogens with zero attached hydrogens (tertiary/aromatic N) is 5. The fraction of sp³-hybridized carbons (Fsp3) is 0.222. The Hall–Kier alpha value is -2.36. The van der Waals surface area contributed by atoms with Crippen LogP contribution in [0, 0.1) is 10.1 Å². The molecular formula is C18H14ClN5O2S2. The molecule has 4 rings (SSSR count). The van der Waals surface area contributed by atoms with Gasteiger partial charge in [0.1, 0.15) is 16.4 Å². The minimum absolute atomic E-state index is 0.0673. The summed E-state index contributed by atoms with van der Waals surface area (Å²) in [5.41, 5.74) is 1.19. The topological polar surface area (TPSA) is 94.7 Å². The first-order chi connectivity index (χ1) is 13.2. The highest BCUT2D eigenvalue weighted by atomic mass is 35.5. The fourth-order valence-corrected chi connectivity index (χ4v) is 4.40. The number of hydrogen-bond acceptors (Lipinski definition) is 8. The van der Waals surface area contributed by atoms with Crippen LogP contribution in [0.1, 0.15) is 26.6 Å². The van der Waals surface area contributed by atoms with E-state index in [1.54, 1.807) is 24.3 Å². The molecule has 28 heavy (non-hydrogen) atoms. The fourth-order valence-electron chi connectivity index (χ4n) is 2.67. The van der Waals surface area contributed by atoms with Crippen molar-refractivity contribution in [3.8, 4) is 0 Å². The van der Waals surface area contributed by atoms with Gasteiger partial charge in [-0.15, -0.1) is 0 Å². The molecule has 0 aliphatic carbocycles. The minimum atomic E-state index is -0.424. The molecule has 4 aromatic rings. The van der Waals surface area contributed by atoms with Gasteiger partial charge in [-0.05, 0) is 30.3 Å². The van der Waals surface area contributed by atoms with E-state index < -0.39 is 4.92 Å². The van der Waals surface area contributed by atoms with Gasteiger partial charge in [-0.2, -0.15) is 8.75 Å². The third-order valence-electron chi connectivity index (χ3n) is 4.05. The molecular weight excluding hydrogens is 418 g/mol. The highest BCUT2D eigenvalue weighted by Crippen LogP contribution is 2.41. The zero-order valence-electron chi connectivity index (χ0n) is 15.1. The van der Waals surface area contributed by atoms with Crippen LogP contribution in [0.2, 0.25) is 5.02 Å². The van der Waals surface area contributed by atoms with Gasteiger partial charge < -0.3 is 0 Å². The van der Waals surface area contributed by atoms with E-state index in [-0.39, 0.29) is 16.6 Å². The SMILES string of the molecule is CC(C)(C)c1nc(Sc2ccc3nsnc3c2[N+](=O)[O-])c2cc(Cl)ccc2n1. The summed E-state index contributed by atoms with van der Waals surface area (Å²) in [6.45, 7) is 6.07. The first-order valence-electron chi connectivity index (χ1n) is 8.29. The van der Waals surface area contributed by atoms with E-state index in [9.17, 15) is 10.1 Å². The predicted octanol–water partition coefficient (Wildman–Crippen LogP) is 5.64. The molecule has 0 unspecified atom stereocenters. The molecule has 0 saturated heterocycles. The van der Waals surface area contributed by atoms with Gasteiger partial charge in [0.15, 0.2) is 5.52 Å². The Morgan fingerprint density at radius 2 is 1.86 bits per heavy atom. The summed E-state index contributed by atoms with van der Waals surface area (Å²) in [6, 6.07) is 8.80. The van der Waals surface area contributed by atoms with Crippen LogP contribution in [-0.2, 0) is 5.41 Å². The molecule has 0 fully saturated rings. The predicted molar refractivity (Wildman–Crippen MR) is 111 cm³/mol. The standard InChI is InChI=1S/C18H14ClN5O2S2/c1-18(2,3)17-20-11-5-4-9(19)8-10(11)16(21-17)27-13-7-6-12-14(23-28-22-12)15(13)24(25)26/h4-8H,1-3H3. The second-order valence-electron chi connectivity index (χ2n) is 7.17. The van der Waals surface area contributed by atoms with E-state index in [0.29, 0.717) is 26.3 Å². The summed E-state index contributed by atoms with van der Waals surface area (Å²) in [4.78, 5) is 21.1. The smallest absolute Gasteiger partial charge is 0.258 e. The number of nitro benzene ring substituents is 1. The van der Waals surface area contributed by atoms with Gasteiger partial charge in [0, 0.05) is 15.8 Å². The van der Waals surface area contributed by atoms with Gasteiger partial charge in [0.25, 0.3) is 0 Å². The Morgan fingerprint density at radius 3 is 2.57 bits per heavy atom. The number of hydrogen-bond donors (Lipinski definition) is 0. The zero-order valence-corrected chi connectivity index (χ0v) is 17.5. The average Bonchev–Trinajstić information content (AvgIpc) is 3.09. The van der Waals surface area contributed by atoms with Crippen LogP contribution in [0.4, 0.5) is 5.69 Å². The molecule has 0 radical (unpaired) electrons. The largest absolute Gasteiger partial charge is 0.312 e. The monoisotopic (exact) mass is 431 g/mol. The van der Waals surface area contributed by atoms with Crippen LogP contribution < -0.4 is 0 Å². The zero-order chi connectivity index (χ0) is 20.1. The van der Waals surface area contributed by atoms with Crippen LogP contribution in [0.25, 0.3) is 21.9 Å². The maximum absolute atomic E-state index is 11.7. The van der Waals surface area contributed by atoms with Crippen molar-refractivity contribution in [2.45, 2.75) is 36.1 Å². The first kappa shape index (κ1) is 19.0. The highest BCUT2D eigenvalue weighted by molar-refractivity contribution is 7.99. The van der Waals surface area contributed by atoms with E-state index in [0.717, 1.165) is 22.6 Å². The lowest BCUT2D eigenvalue weighted by atomic mass is 9.95. The molecule has 0 bridgehead atoms. The number of nitro groups is 1. The summed E-state index contributed by atoms with van der Waals surface area (Å²) in [7, 11) is 0. The Kier molecular flexibility index (Phi) is 4.68. The van der Waals surface area contributed by atoms with E-state index in [1.165, 1.54) is 11.8 Å². The van der Waals surface area contributed by atoms with Crippen LogP contribution in [0.15, 0.2) is 40.3 Å². The molecule has 0 spiro atoms. The summed E-state index contributed by atoms with van der Waals surface area (Å²) < 4.78 is 8.19. The second-order valence-corrected chi connectivity index (χ2v) is 9.16. The van der Waals surface area contributed by atoms with Crippen LogP contribution >= 0.6 is 35.1 Å². The number of aromatic nitrogens is 4. The number of rotatable bonds is 3. The molecule has 0 aliphatic heterocycles. The molecule has 0 saturated carbocycles. The van der Waals surface area contributed by atoms with Gasteiger partial charge in [-0.3, -0.25) is 10.1 Å². The summed E-state index contributed by atoms with van der Waals surface area (Å²) >= 11 is 8.35. The van der Waals surface area contributed by atoms with Gasteiger partial charge in [0.2, 0.25) is 0 Å². The second kappa shape index (κ2) is 6.91. The van der Waals surface area contributed by atoms with Crippen LogP contribution in [-0.4, -0.2) is 23.6 Å². The Balaban J connectivity index is 1.95. The van der Waals surface area contributed by atoms with E-state index in [4.69, 9.17) is 16.6 Å². The van der Waals surface area contributed by atoms with Crippen molar-refractivity contribution >= 4 is 62.7 Å². The molecule has 2 aromatic carbocycles. The maximum Gasteiger partial charge on any atom is 0.312 e. The van der Waals surface area contributed by atoms with E-state index in [2.05, 4.69) is 13.7 Å². The van der Waals surface area contributed by atoms with Crippen molar-refractivity contribution in [1.82, 2.24) is 18.7 Å². The van der Waals surface area contributed by atoms with Crippen molar-refractivity contribution in [3.05, 3.63) is 51.3 Å². The normalized spacial score (nSPS) is 12.0. The molecule has 0 atom stereocenters. The lowest BCUT2D eigenvalue weighted by molar-refractivity contribution is -0.386. The van der Waals surface area contributed by atoms with Crippen molar-refractivity contribution in [1.29, 1.82) is 0 Å². The average molecular weight is 432 g/mol. The van der Waals surface area contributed by atoms with Gasteiger partial charge in [-0.25, -0.2) is 9.97 Å². The quantitative estimate of drug-likeness (QED) is 0.235. The van der Waals surface area contributed by atoms with Crippen LogP contribution in [0.3, 0.4) is 0 Å². The Morgan fingerprint density at radius 1 is 1.11 bits per heavy atom. The molecule has 0 aliphatic rings. The molecule has 142 valence electrons. The van der Waals surface area contributed by atoms with Crippen molar-refractivity contribution in [3.63, 3.8) is 0 Å². The molecule has 0 amide bonds. The molecule has 0 N–H and O–H groups in total. The number of halogens is 1. The van der Waals surface area contributed by atoms with Crippen LogP contribution in [0.5, 0.6) is 0 Å². The van der Waals surface area contributed by atoms with Crippen molar-refractivity contribution < 1.29 is 4.92 Å². The molecule has 2 heterocycles. The molecule has 2 aromatic heterocycles. The van der Waals surface area contributed by atoms with Gasteiger partial charge in [0.05, 0.1) is 27.1 Å². The van der Waals surface area contributed by atoms with Crippen molar-refractivity contribution in [2.24, 2.45) is 0 Å². The number of fused-ring (bicyclic) bond motifs is 2. The Bertz CT molecular complexity index is 1240. The third-order valence-corrected chi connectivity index (χ3v) is 5.88. The van der Waals surface area contributed by atoms with E-state index >= 15 is 0 Å². The lowest BCUT2D eigenvalue weighted by Gasteiger charge is -2.18. The van der Waals surface area contributed by atoms with Gasteiger partial charge in [-0.1, -0.05) is 44.1 Å². The third kappa shape index (κ3) is 3.41. The minimum Gasteiger partial charge on any atom is -0.258 e. The van der Waals surface area contributed by atoms with Crippen molar-refractivity contribution in [2.75, 3.05) is 0 Å². The summed E-state index contributed by atoms with van der Waals surface area (Å²) in [5.74, 6) is 0.656. The number of benzene rings is 2. The Labute approximate surface area is 173 Å².